The molecule has 1 aliphatic rings. The van der Waals surface area contributed by atoms with E-state index < -0.39 is 0 Å². The predicted octanol–water partition coefficient (Wildman–Crippen LogP) is 2.66. The predicted molar refractivity (Wildman–Crippen MR) is 92.3 cm³/mol. The third-order valence-corrected chi connectivity index (χ3v) is 4.73. The van der Waals surface area contributed by atoms with Crippen molar-refractivity contribution in [2.45, 2.75) is 6.42 Å². The summed E-state index contributed by atoms with van der Waals surface area (Å²) in [6, 6.07) is 7.75. The van der Waals surface area contributed by atoms with Crippen LogP contribution in [0.1, 0.15) is 10.4 Å². The number of anilines is 1. The monoisotopic (exact) mass is 351 g/mol. The van der Waals surface area contributed by atoms with E-state index in [0.717, 1.165) is 29.4 Å². The van der Waals surface area contributed by atoms with Crippen molar-refractivity contribution in [3.8, 4) is 0 Å². The third-order valence-electron chi connectivity index (χ3n) is 3.56. The molecule has 7 heteroatoms. The highest BCUT2D eigenvalue weighted by molar-refractivity contribution is 7.15. The van der Waals surface area contributed by atoms with Crippen molar-refractivity contribution >= 4 is 34.0 Å². The fraction of sp³-hybridized carbons (Fsp3) is 0.375. The summed E-state index contributed by atoms with van der Waals surface area (Å²) in [6.45, 7) is 3.36. The van der Waals surface area contributed by atoms with Crippen molar-refractivity contribution in [2.75, 3.05) is 38.2 Å². The molecule has 0 radical (unpaired) electrons. The maximum absolute atomic E-state index is 12.0. The van der Waals surface area contributed by atoms with Gasteiger partial charge in [-0.05, 0) is 17.7 Å². The van der Waals surface area contributed by atoms with Crippen LogP contribution in [-0.2, 0) is 16.0 Å². The zero-order chi connectivity index (χ0) is 16.1. The van der Waals surface area contributed by atoms with Crippen LogP contribution in [0.15, 0.2) is 30.5 Å². The molecule has 122 valence electrons. The summed E-state index contributed by atoms with van der Waals surface area (Å²) in [4.78, 5) is 19.5. The van der Waals surface area contributed by atoms with E-state index in [1.807, 2.05) is 30.5 Å². The van der Waals surface area contributed by atoms with Gasteiger partial charge in [0.25, 0.3) is 0 Å². The number of thiazole rings is 1. The topological polar surface area (TPSA) is 54.5 Å². The molecule has 0 bridgehead atoms. The van der Waals surface area contributed by atoms with Gasteiger partial charge in [0, 0.05) is 35.6 Å². The molecule has 0 spiro atoms. The summed E-state index contributed by atoms with van der Waals surface area (Å²) in [5.41, 5.74) is 1.17. The molecular formula is C16H18ClN3O2S. The molecule has 5 nitrogen and oxygen atoms in total. The molecular weight excluding hydrogens is 334 g/mol. The van der Waals surface area contributed by atoms with Gasteiger partial charge in [-0.15, -0.1) is 11.3 Å². The molecule has 1 saturated heterocycles. The summed E-state index contributed by atoms with van der Waals surface area (Å²) < 4.78 is 5.27. The van der Waals surface area contributed by atoms with Crippen LogP contribution in [0.4, 0.5) is 5.13 Å². The Morgan fingerprint density at radius 1 is 1.30 bits per heavy atom. The Bertz CT molecular complexity index is 654. The number of rotatable bonds is 5. The Labute approximate surface area is 144 Å². The molecule has 3 rings (SSSR count). The summed E-state index contributed by atoms with van der Waals surface area (Å²) in [7, 11) is 0. The second-order valence-corrected chi connectivity index (χ2v) is 6.92. The smallest absolute Gasteiger partial charge is 0.240 e. The number of carbonyl (C=O) groups is 1. The zero-order valence-corrected chi connectivity index (χ0v) is 14.2. The normalized spacial score (nSPS) is 15.5. The van der Waals surface area contributed by atoms with E-state index >= 15 is 0 Å². The lowest BCUT2D eigenvalue weighted by atomic mass is 10.1. The number of amides is 1. The van der Waals surface area contributed by atoms with Gasteiger partial charge in [0.15, 0.2) is 5.13 Å². The molecule has 0 aliphatic carbocycles. The first-order chi connectivity index (χ1) is 11.2. The lowest BCUT2D eigenvalue weighted by molar-refractivity contribution is -0.118. The molecule has 23 heavy (non-hydrogen) atoms. The quantitative estimate of drug-likeness (QED) is 0.899. The van der Waals surface area contributed by atoms with E-state index in [9.17, 15) is 4.79 Å². The average Bonchev–Trinajstić information content (AvgIpc) is 2.97. The molecule has 1 aliphatic heterocycles. The molecule has 2 heterocycles. The average molecular weight is 352 g/mol. The van der Waals surface area contributed by atoms with Crippen molar-refractivity contribution in [3.05, 3.63) is 45.9 Å². The highest BCUT2D eigenvalue weighted by Gasteiger charge is 2.15. The van der Waals surface area contributed by atoms with Crippen molar-refractivity contribution in [2.24, 2.45) is 0 Å². The van der Waals surface area contributed by atoms with Gasteiger partial charge in [-0.25, -0.2) is 4.98 Å². The molecule has 1 fully saturated rings. The summed E-state index contributed by atoms with van der Waals surface area (Å²) in [5, 5.41) is 4.25. The fourth-order valence-electron chi connectivity index (χ4n) is 2.37. The molecule has 0 atom stereocenters. The Morgan fingerprint density at radius 3 is 2.78 bits per heavy atom. The van der Waals surface area contributed by atoms with Gasteiger partial charge in [-0.3, -0.25) is 9.69 Å². The fourth-order valence-corrected chi connectivity index (χ4v) is 3.36. The number of halogens is 1. The number of morpholine rings is 1. The number of aromatic nitrogens is 1. The van der Waals surface area contributed by atoms with Gasteiger partial charge in [-0.2, -0.15) is 0 Å². The number of nitrogens with zero attached hydrogens (tertiary/aromatic N) is 2. The lowest BCUT2D eigenvalue weighted by Crippen LogP contribution is -2.41. The zero-order valence-electron chi connectivity index (χ0n) is 12.6. The van der Waals surface area contributed by atoms with Crippen LogP contribution < -0.4 is 5.32 Å². The SMILES string of the molecule is O=C(CN1CCOCC1)Nc1ncc(Cc2ccc(Cl)cc2)s1. The highest BCUT2D eigenvalue weighted by atomic mass is 35.5. The largest absolute Gasteiger partial charge is 0.379 e. The Hall–Kier alpha value is -1.47. The number of benzene rings is 1. The van der Waals surface area contributed by atoms with Crippen LogP contribution in [0.5, 0.6) is 0 Å². The van der Waals surface area contributed by atoms with Gasteiger partial charge in [0.1, 0.15) is 0 Å². The Morgan fingerprint density at radius 2 is 2.04 bits per heavy atom. The van der Waals surface area contributed by atoms with Crippen molar-refractivity contribution < 1.29 is 9.53 Å². The van der Waals surface area contributed by atoms with Crippen LogP contribution in [0, 0.1) is 0 Å². The summed E-state index contributed by atoms with van der Waals surface area (Å²) >= 11 is 7.39. The Balaban J connectivity index is 1.52. The molecule has 2 aromatic rings. The maximum atomic E-state index is 12.0. The second kappa shape index (κ2) is 7.88. The van der Waals surface area contributed by atoms with Gasteiger partial charge in [0.05, 0.1) is 19.8 Å². The minimum atomic E-state index is -0.0284. The van der Waals surface area contributed by atoms with E-state index in [2.05, 4.69) is 15.2 Å². The maximum Gasteiger partial charge on any atom is 0.240 e. The standard InChI is InChI=1S/C16H18ClN3O2S/c17-13-3-1-12(2-4-13)9-14-10-18-16(23-14)19-15(21)11-20-5-7-22-8-6-20/h1-4,10H,5-9,11H2,(H,18,19,21). The van der Waals surface area contributed by atoms with Gasteiger partial charge >= 0.3 is 0 Å². The van der Waals surface area contributed by atoms with E-state index in [1.54, 1.807) is 0 Å². The van der Waals surface area contributed by atoms with Gasteiger partial charge in [0.2, 0.25) is 5.91 Å². The van der Waals surface area contributed by atoms with Crippen molar-refractivity contribution in [1.29, 1.82) is 0 Å². The van der Waals surface area contributed by atoms with E-state index in [1.165, 1.54) is 16.9 Å². The van der Waals surface area contributed by atoms with Gasteiger partial charge < -0.3 is 10.1 Å². The van der Waals surface area contributed by atoms with E-state index in [0.29, 0.717) is 24.9 Å². The highest BCUT2D eigenvalue weighted by Crippen LogP contribution is 2.22. The number of hydrogen-bond donors (Lipinski definition) is 1. The molecule has 0 unspecified atom stereocenters. The van der Waals surface area contributed by atoms with Crippen LogP contribution in [0.2, 0.25) is 5.02 Å². The van der Waals surface area contributed by atoms with E-state index in [-0.39, 0.29) is 5.91 Å². The number of carbonyl (C=O) groups excluding carboxylic acids is 1. The minimum Gasteiger partial charge on any atom is -0.379 e. The third kappa shape index (κ3) is 5.00. The number of ether oxygens (including phenoxy) is 1. The van der Waals surface area contributed by atoms with Crippen LogP contribution in [-0.4, -0.2) is 48.6 Å². The Kier molecular flexibility index (Phi) is 5.61. The molecule has 1 amide bonds. The lowest BCUT2D eigenvalue weighted by Gasteiger charge is -2.25. The first-order valence-electron chi connectivity index (χ1n) is 7.48. The molecule has 1 N–H and O–H groups in total. The summed E-state index contributed by atoms with van der Waals surface area (Å²) in [6.07, 6.45) is 2.60. The van der Waals surface area contributed by atoms with Crippen LogP contribution in [0.3, 0.4) is 0 Å². The van der Waals surface area contributed by atoms with Crippen LogP contribution >= 0.6 is 22.9 Å². The van der Waals surface area contributed by atoms with E-state index in [4.69, 9.17) is 16.3 Å². The number of nitrogens with one attached hydrogen (secondary N) is 1. The first kappa shape index (κ1) is 16.4. The van der Waals surface area contributed by atoms with Crippen LogP contribution in [0.25, 0.3) is 0 Å². The number of hydrogen-bond acceptors (Lipinski definition) is 5. The van der Waals surface area contributed by atoms with Gasteiger partial charge in [-0.1, -0.05) is 23.7 Å². The van der Waals surface area contributed by atoms with Crippen molar-refractivity contribution in [3.63, 3.8) is 0 Å². The minimum absolute atomic E-state index is 0.0284. The van der Waals surface area contributed by atoms with Crippen molar-refractivity contribution in [1.82, 2.24) is 9.88 Å². The summed E-state index contributed by atoms with van der Waals surface area (Å²) in [5.74, 6) is -0.0284. The second-order valence-electron chi connectivity index (χ2n) is 5.37. The molecule has 0 saturated carbocycles. The molecule has 1 aromatic heterocycles. The first-order valence-corrected chi connectivity index (χ1v) is 8.67. The molecule has 1 aromatic carbocycles.